The summed E-state index contributed by atoms with van der Waals surface area (Å²) in [6, 6.07) is 8.42. The summed E-state index contributed by atoms with van der Waals surface area (Å²) in [5.41, 5.74) is 3.99. The molecule has 1 saturated heterocycles. The lowest BCUT2D eigenvalue weighted by Gasteiger charge is -2.26. The maximum atomic E-state index is 12.0. The average molecular weight is 342 g/mol. The largest absolute Gasteiger partial charge is 0.326 e. The first-order valence-corrected chi connectivity index (χ1v) is 9.71. The standard InChI is InChI=1S/C18H22N4OS/c23-17-15-11-24-12-16(15)20-18(21-17)19-14-6-4-13(5-7-14)10-22-8-2-1-3-9-22/h4-7H,1-3,8-12H2,(H2,19,20,21,23). The molecule has 0 aliphatic carbocycles. The SMILES string of the molecule is O=c1[nH]c(Nc2ccc(CN3CCCCC3)cc2)nc2c1CSC2. The van der Waals surface area contributed by atoms with Crippen molar-refractivity contribution in [2.45, 2.75) is 37.3 Å². The third-order valence-electron chi connectivity index (χ3n) is 4.66. The molecule has 5 nitrogen and oxygen atoms in total. The average Bonchev–Trinajstić information content (AvgIpc) is 3.07. The van der Waals surface area contributed by atoms with Crippen LogP contribution in [0.1, 0.15) is 36.1 Å². The minimum atomic E-state index is -0.0192. The zero-order valence-corrected chi connectivity index (χ0v) is 14.5. The van der Waals surface area contributed by atoms with E-state index in [2.05, 4.69) is 44.5 Å². The van der Waals surface area contributed by atoms with Gasteiger partial charge in [0.2, 0.25) is 5.95 Å². The fourth-order valence-corrected chi connectivity index (χ4v) is 4.36. The molecule has 1 fully saturated rings. The predicted molar refractivity (Wildman–Crippen MR) is 98.7 cm³/mol. The van der Waals surface area contributed by atoms with Gasteiger partial charge in [0.15, 0.2) is 0 Å². The van der Waals surface area contributed by atoms with Gasteiger partial charge in [-0.25, -0.2) is 4.98 Å². The predicted octanol–water partition coefficient (Wildman–Crippen LogP) is 3.25. The number of aromatic amines is 1. The van der Waals surface area contributed by atoms with Crippen LogP contribution in [0.15, 0.2) is 29.1 Å². The van der Waals surface area contributed by atoms with Gasteiger partial charge in [0, 0.05) is 29.3 Å². The topological polar surface area (TPSA) is 61.0 Å². The molecule has 2 N–H and O–H groups in total. The first-order valence-electron chi connectivity index (χ1n) is 8.56. The fraction of sp³-hybridized carbons (Fsp3) is 0.444. The number of hydrogen-bond donors (Lipinski definition) is 2. The van der Waals surface area contributed by atoms with E-state index in [0.717, 1.165) is 35.0 Å². The van der Waals surface area contributed by atoms with Crippen LogP contribution in [0.3, 0.4) is 0 Å². The summed E-state index contributed by atoms with van der Waals surface area (Å²) in [6.45, 7) is 3.43. The Hall–Kier alpha value is -1.79. The van der Waals surface area contributed by atoms with Crippen LogP contribution in [0.2, 0.25) is 0 Å². The van der Waals surface area contributed by atoms with Gasteiger partial charge in [-0.15, -0.1) is 0 Å². The van der Waals surface area contributed by atoms with Gasteiger partial charge in [0.25, 0.3) is 5.56 Å². The van der Waals surface area contributed by atoms with Crippen LogP contribution in [0.5, 0.6) is 0 Å². The normalized spacial score (nSPS) is 17.7. The molecule has 3 heterocycles. The first-order chi connectivity index (χ1) is 11.8. The van der Waals surface area contributed by atoms with Gasteiger partial charge in [-0.1, -0.05) is 18.6 Å². The molecule has 2 aliphatic heterocycles. The Morgan fingerprint density at radius 2 is 1.92 bits per heavy atom. The number of aromatic nitrogens is 2. The molecule has 0 saturated carbocycles. The summed E-state index contributed by atoms with van der Waals surface area (Å²) in [5.74, 6) is 2.12. The van der Waals surface area contributed by atoms with E-state index in [9.17, 15) is 4.79 Å². The lowest BCUT2D eigenvalue weighted by atomic mass is 10.1. The van der Waals surface area contributed by atoms with E-state index >= 15 is 0 Å². The van der Waals surface area contributed by atoms with Crippen LogP contribution in [-0.2, 0) is 18.1 Å². The summed E-state index contributed by atoms with van der Waals surface area (Å²) in [6.07, 6.45) is 3.99. The smallest absolute Gasteiger partial charge is 0.256 e. The van der Waals surface area contributed by atoms with Crippen molar-refractivity contribution in [3.8, 4) is 0 Å². The van der Waals surface area contributed by atoms with Crippen molar-refractivity contribution in [2.24, 2.45) is 0 Å². The Balaban J connectivity index is 1.44. The van der Waals surface area contributed by atoms with Gasteiger partial charge in [-0.3, -0.25) is 14.7 Å². The van der Waals surface area contributed by atoms with Gasteiger partial charge in [-0.05, 0) is 43.6 Å². The zero-order valence-electron chi connectivity index (χ0n) is 13.7. The maximum absolute atomic E-state index is 12.0. The van der Waals surface area contributed by atoms with Crippen molar-refractivity contribution < 1.29 is 0 Å². The number of benzene rings is 1. The van der Waals surface area contributed by atoms with Gasteiger partial charge >= 0.3 is 0 Å². The quantitative estimate of drug-likeness (QED) is 0.893. The molecule has 0 spiro atoms. The van der Waals surface area contributed by atoms with Crippen LogP contribution >= 0.6 is 11.8 Å². The molecule has 24 heavy (non-hydrogen) atoms. The van der Waals surface area contributed by atoms with E-state index in [0.29, 0.717) is 5.95 Å². The summed E-state index contributed by atoms with van der Waals surface area (Å²) in [4.78, 5) is 21.9. The molecule has 2 aliphatic rings. The van der Waals surface area contributed by atoms with E-state index in [1.165, 1.54) is 37.9 Å². The Morgan fingerprint density at radius 1 is 1.12 bits per heavy atom. The Labute approximate surface area is 145 Å². The van der Waals surface area contributed by atoms with Crippen molar-refractivity contribution in [1.29, 1.82) is 0 Å². The van der Waals surface area contributed by atoms with E-state index in [1.807, 2.05) is 0 Å². The van der Waals surface area contributed by atoms with Crippen molar-refractivity contribution in [2.75, 3.05) is 18.4 Å². The van der Waals surface area contributed by atoms with E-state index in [1.54, 1.807) is 11.8 Å². The fourth-order valence-electron chi connectivity index (χ4n) is 3.33. The van der Waals surface area contributed by atoms with Crippen molar-refractivity contribution in [3.05, 3.63) is 51.4 Å². The number of thioether (sulfide) groups is 1. The molecule has 0 atom stereocenters. The molecule has 1 aromatic carbocycles. The Morgan fingerprint density at radius 3 is 2.71 bits per heavy atom. The highest BCUT2D eigenvalue weighted by atomic mass is 32.2. The molecule has 6 heteroatoms. The van der Waals surface area contributed by atoms with E-state index in [-0.39, 0.29) is 5.56 Å². The van der Waals surface area contributed by atoms with Gasteiger partial charge in [0.1, 0.15) is 0 Å². The van der Waals surface area contributed by atoms with Gasteiger partial charge < -0.3 is 5.32 Å². The number of piperidine rings is 1. The van der Waals surface area contributed by atoms with E-state index < -0.39 is 0 Å². The third-order valence-corrected chi connectivity index (χ3v) is 5.63. The number of rotatable bonds is 4. The zero-order chi connectivity index (χ0) is 16.4. The van der Waals surface area contributed by atoms with Gasteiger partial charge in [-0.2, -0.15) is 11.8 Å². The van der Waals surface area contributed by atoms with Crippen LogP contribution in [0, 0.1) is 0 Å². The highest BCUT2D eigenvalue weighted by Crippen LogP contribution is 2.26. The lowest BCUT2D eigenvalue weighted by Crippen LogP contribution is -2.29. The molecule has 126 valence electrons. The molecule has 4 rings (SSSR count). The second kappa shape index (κ2) is 6.99. The number of fused-ring (bicyclic) bond motifs is 1. The Kier molecular flexibility index (Phi) is 4.58. The number of likely N-dealkylation sites (tertiary alicyclic amines) is 1. The maximum Gasteiger partial charge on any atom is 0.256 e. The second-order valence-corrected chi connectivity index (χ2v) is 7.48. The van der Waals surface area contributed by atoms with Crippen molar-refractivity contribution in [1.82, 2.24) is 14.9 Å². The molecule has 0 unspecified atom stereocenters. The van der Waals surface area contributed by atoms with Crippen LogP contribution < -0.4 is 10.9 Å². The minimum absolute atomic E-state index is 0.0192. The molecule has 1 aromatic heterocycles. The molecule has 0 bridgehead atoms. The van der Waals surface area contributed by atoms with Crippen LogP contribution in [0.4, 0.5) is 11.6 Å². The lowest BCUT2D eigenvalue weighted by molar-refractivity contribution is 0.221. The number of nitrogens with zero attached hydrogens (tertiary/aromatic N) is 2. The summed E-state index contributed by atoms with van der Waals surface area (Å²) in [7, 11) is 0. The summed E-state index contributed by atoms with van der Waals surface area (Å²) in [5, 5.41) is 3.22. The van der Waals surface area contributed by atoms with Gasteiger partial charge in [0.05, 0.1) is 5.69 Å². The molecule has 2 aromatic rings. The van der Waals surface area contributed by atoms with Crippen molar-refractivity contribution in [3.63, 3.8) is 0 Å². The molecular weight excluding hydrogens is 320 g/mol. The summed E-state index contributed by atoms with van der Waals surface area (Å²) < 4.78 is 0. The monoisotopic (exact) mass is 342 g/mol. The Bertz CT molecular complexity index is 766. The minimum Gasteiger partial charge on any atom is -0.326 e. The molecular formula is C18H22N4OS. The van der Waals surface area contributed by atoms with E-state index in [4.69, 9.17) is 0 Å². The molecule has 0 radical (unpaired) electrons. The second-order valence-electron chi connectivity index (χ2n) is 6.49. The third kappa shape index (κ3) is 3.49. The summed E-state index contributed by atoms with van der Waals surface area (Å²) >= 11 is 1.74. The van der Waals surface area contributed by atoms with Crippen molar-refractivity contribution >= 4 is 23.4 Å². The highest BCUT2D eigenvalue weighted by molar-refractivity contribution is 7.98. The number of nitrogens with one attached hydrogen (secondary N) is 2. The molecule has 0 amide bonds. The van der Waals surface area contributed by atoms with Crippen LogP contribution in [0.25, 0.3) is 0 Å². The first kappa shape index (κ1) is 15.7. The van der Waals surface area contributed by atoms with Crippen LogP contribution in [-0.4, -0.2) is 28.0 Å². The number of hydrogen-bond acceptors (Lipinski definition) is 5. The number of anilines is 2. The number of H-pyrrole nitrogens is 1. The highest BCUT2D eigenvalue weighted by Gasteiger charge is 2.17.